The van der Waals surface area contributed by atoms with Crippen molar-refractivity contribution >= 4 is 5.95 Å². The van der Waals surface area contributed by atoms with E-state index in [1.54, 1.807) is 7.11 Å². The number of nitrogens with zero attached hydrogens (tertiary/aromatic N) is 1. The Balaban J connectivity index is 1.99. The standard InChI is InChI=1S/C14H19N3O/c1-10-8-11(5-7-13(10)18-3)4-6-12-9-16-14(15-2)17-12/h5,7-9H,4,6H2,1-3H3,(H2,15,16,17). The molecule has 0 unspecified atom stereocenters. The van der Waals surface area contributed by atoms with Crippen molar-refractivity contribution in [3.63, 3.8) is 0 Å². The Bertz CT molecular complexity index is 520. The van der Waals surface area contributed by atoms with Gasteiger partial charge in [0.1, 0.15) is 5.75 Å². The van der Waals surface area contributed by atoms with Crippen LogP contribution in [0.25, 0.3) is 0 Å². The molecule has 1 aromatic heterocycles. The second-order valence-electron chi connectivity index (χ2n) is 4.31. The first kappa shape index (κ1) is 12.5. The van der Waals surface area contributed by atoms with E-state index in [-0.39, 0.29) is 0 Å². The van der Waals surface area contributed by atoms with Crippen LogP contribution in [0, 0.1) is 6.92 Å². The Labute approximate surface area is 107 Å². The van der Waals surface area contributed by atoms with Gasteiger partial charge in [0.2, 0.25) is 0 Å². The molecular weight excluding hydrogens is 226 g/mol. The lowest BCUT2D eigenvalue weighted by molar-refractivity contribution is 0.411. The van der Waals surface area contributed by atoms with Gasteiger partial charge in [0, 0.05) is 12.7 Å². The molecule has 4 nitrogen and oxygen atoms in total. The number of H-pyrrole nitrogens is 1. The Kier molecular flexibility index (Phi) is 3.87. The minimum absolute atomic E-state index is 0.816. The highest BCUT2D eigenvalue weighted by Crippen LogP contribution is 2.19. The Morgan fingerprint density at radius 1 is 1.33 bits per heavy atom. The number of methoxy groups -OCH3 is 1. The van der Waals surface area contributed by atoms with Crippen LogP contribution in [-0.4, -0.2) is 24.1 Å². The average Bonchev–Trinajstić information content (AvgIpc) is 2.84. The third-order valence-electron chi connectivity index (χ3n) is 3.01. The molecule has 0 amide bonds. The highest BCUT2D eigenvalue weighted by atomic mass is 16.5. The van der Waals surface area contributed by atoms with E-state index in [1.807, 2.05) is 19.3 Å². The number of anilines is 1. The fourth-order valence-electron chi connectivity index (χ4n) is 1.99. The smallest absolute Gasteiger partial charge is 0.200 e. The number of benzene rings is 1. The van der Waals surface area contributed by atoms with Crippen LogP contribution < -0.4 is 10.1 Å². The number of aryl methyl sites for hydroxylation is 3. The number of hydrogen-bond donors (Lipinski definition) is 2. The number of hydrogen-bond acceptors (Lipinski definition) is 3. The molecule has 2 rings (SSSR count). The molecule has 0 bridgehead atoms. The summed E-state index contributed by atoms with van der Waals surface area (Å²) in [7, 11) is 3.56. The summed E-state index contributed by atoms with van der Waals surface area (Å²) in [4.78, 5) is 7.43. The van der Waals surface area contributed by atoms with Crippen molar-refractivity contribution in [3.05, 3.63) is 41.2 Å². The van der Waals surface area contributed by atoms with Gasteiger partial charge in [-0.3, -0.25) is 0 Å². The highest BCUT2D eigenvalue weighted by molar-refractivity contribution is 5.36. The largest absolute Gasteiger partial charge is 0.496 e. The lowest BCUT2D eigenvalue weighted by Gasteiger charge is -2.06. The van der Waals surface area contributed by atoms with Gasteiger partial charge < -0.3 is 15.0 Å². The molecule has 0 fully saturated rings. The van der Waals surface area contributed by atoms with Crippen molar-refractivity contribution in [2.24, 2.45) is 0 Å². The Hall–Kier alpha value is -1.97. The lowest BCUT2D eigenvalue weighted by Crippen LogP contribution is -1.95. The predicted molar refractivity (Wildman–Crippen MR) is 73.3 cm³/mol. The van der Waals surface area contributed by atoms with E-state index in [0.717, 1.165) is 30.2 Å². The summed E-state index contributed by atoms with van der Waals surface area (Å²) in [6.07, 6.45) is 3.83. The predicted octanol–water partition coefficient (Wildman–Crippen LogP) is 2.55. The first-order valence-electron chi connectivity index (χ1n) is 6.08. The third kappa shape index (κ3) is 2.83. The van der Waals surface area contributed by atoms with E-state index in [0.29, 0.717) is 0 Å². The van der Waals surface area contributed by atoms with Gasteiger partial charge in [-0.05, 0) is 37.0 Å². The summed E-state index contributed by atoms with van der Waals surface area (Å²) in [5, 5.41) is 2.99. The molecule has 0 saturated heterocycles. The average molecular weight is 245 g/mol. The molecule has 1 aromatic carbocycles. The van der Waals surface area contributed by atoms with Crippen LogP contribution in [0.3, 0.4) is 0 Å². The maximum absolute atomic E-state index is 5.26. The van der Waals surface area contributed by atoms with Gasteiger partial charge in [0.15, 0.2) is 5.95 Å². The zero-order valence-electron chi connectivity index (χ0n) is 11.1. The molecule has 1 heterocycles. The quantitative estimate of drug-likeness (QED) is 0.851. The van der Waals surface area contributed by atoms with Gasteiger partial charge in [-0.1, -0.05) is 12.1 Å². The summed E-state index contributed by atoms with van der Waals surface area (Å²) in [5.41, 5.74) is 3.64. The van der Waals surface area contributed by atoms with E-state index in [9.17, 15) is 0 Å². The van der Waals surface area contributed by atoms with Gasteiger partial charge in [-0.25, -0.2) is 4.98 Å². The van der Waals surface area contributed by atoms with Crippen LogP contribution in [-0.2, 0) is 12.8 Å². The van der Waals surface area contributed by atoms with E-state index in [2.05, 4.69) is 34.3 Å². The summed E-state index contributed by atoms with van der Waals surface area (Å²) in [6, 6.07) is 6.31. The highest BCUT2D eigenvalue weighted by Gasteiger charge is 2.02. The van der Waals surface area contributed by atoms with E-state index < -0.39 is 0 Å². The normalized spacial score (nSPS) is 10.4. The first-order valence-corrected chi connectivity index (χ1v) is 6.08. The van der Waals surface area contributed by atoms with Crippen molar-refractivity contribution in [2.45, 2.75) is 19.8 Å². The van der Waals surface area contributed by atoms with E-state index in [4.69, 9.17) is 4.74 Å². The molecule has 0 aliphatic carbocycles. The maximum Gasteiger partial charge on any atom is 0.200 e. The molecule has 18 heavy (non-hydrogen) atoms. The SMILES string of the molecule is CNc1ncc(CCc2ccc(OC)c(C)c2)[nH]1. The summed E-state index contributed by atoms with van der Waals surface area (Å²) in [6.45, 7) is 2.07. The summed E-state index contributed by atoms with van der Waals surface area (Å²) >= 11 is 0. The molecule has 4 heteroatoms. The number of ether oxygens (including phenoxy) is 1. The lowest BCUT2D eigenvalue weighted by atomic mass is 10.1. The Morgan fingerprint density at radius 2 is 2.17 bits per heavy atom. The fourth-order valence-corrected chi connectivity index (χ4v) is 1.99. The third-order valence-corrected chi connectivity index (χ3v) is 3.01. The van der Waals surface area contributed by atoms with E-state index in [1.165, 1.54) is 11.1 Å². The molecule has 0 radical (unpaired) electrons. The van der Waals surface area contributed by atoms with Crippen LogP contribution in [0.2, 0.25) is 0 Å². The van der Waals surface area contributed by atoms with Crippen LogP contribution in [0.4, 0.5) is 5.95 Å². The fraction of sp³-hybridized carbons (Fsp3) is 0.357. The topological polar surface area (TPSA) is 49.9 Å². The minimum Gasteiger partial charge on any atom is -0.496 e. The van der Waals surface area contributed by atoms with Gasteiger partial charge >= 0.3 is 0 Å². The summed E-state index contributed by atoms with van der Waals surface area (Å²) < 4.78 is 5.26. The van der Waals surface area contributed by atoms with Crippen molar-refractivity contribution in [1.82, 2.24) is 9.97 Å². The number of imidazole rings is 1. The van der Waals surface area contributed by atoms with Crippen LogP contribution in [0.15, 0.2) is 24.4 Å². The van der Waals surface area contributed by atoms with Crippen molar-refractivity contribution in [1.29, 1.82) is 0 Å². The molecule has 0 aliphatic rings. The zero-order valence-corrected chi connectivity index (χ0v) is 11.1. The van der Waals surface area contributed by atoms with E-state index >= 15 is 0 Å². The molecule has 0 atom stereocenters. The van der Waals surface area contributed by atoms with Gasteiger partial charge in [0.05, 0.1) is 13.3 Å². The second-order valence-corrected chi connectivity index (χ2v) is 4.31. The number of aromatic nitrogens is 2. The Morgan fingerprint density at radius 3 is 2.78 bits per heavy atom. The molecule has 2 aromatic rings. The van der Waals surface area contributed by atoms with Crippen LogP contribution in [0.1, 0.15) is 16.8 Å². The maximum atomic E-state index is 5.26. The van der Waals surface area contributed by atoms with Crippen molar-refractivity contribution < 1.29 is 4.74 Å². The summed E-state index contributed by atoms with van der Waals surface area (Å²) in [5.74, 6) is 1.76. The van der Waals surface area contributed by atoms with Crippen LogP contribution in [0.5, 0.6) is 5.75 Å². The second kappa shape index (κ2) is 5.58. The molecular formula is C14H19N3O. The minimum atomic E-state index is 0.816. The van der Waals surface area contributed by atoms with Gasteiger partial charge in [-0.2, -0.15) is 0 Å². The zero-order chi connectivity index (χ0) is 13.0. The van der Waals surface area contributed by atoms with Crippen molar-refractivity contribution in [2.75, 3.05) is 19.5 Å². The van der Waals surface area contributed by atoms with Gasteiger partial charge in [-0.15, -0.1) is 0 Å². The molecule has 96 valence electrons. The van der Waals surface area contributed by atoms with Gasteiger partial charge in [0.25, 0.3) is 0 Å². The van der Waals surface area contributed by atoms with Crippen molar-refractivity contribution in [3.8, 4) is 5.75 Å². The molecule has 2 N–H and O–H groups in total. The number of rotatable bonds is 5. The number of nitrogens with one attached hydrogen (secondary N) is 2. The number of aromatic amines is 1. The van der Waals surface area contributed by atoms with Crippen LogP contribution >= 0.6 is 0 Å². The molecule has 0 aliphatic heterocycles. The molecule has 0 saturated carbocycles. The molecule has 0 spiro atoms. The monoisotopic (exact) mass is 245 g/mol. The first-order chi connectivity index (χ1) is 8.72.